The molecule has 19 heavy (non-hydrogen) atoms. The van der Waals surface area contributed by atoms with E-state index in [-0.39, 0.29) is 0 Å². The lowest BCUT2D eigenvalue weighted by molar-refractivity contribution is -0.308. The van der Waals surface area contributed by atoms with Gasteiger partial charge >= 0.3 is 0 Å². The average Bonchev–Trinajstić information content (AvgIpc) is 2.45. The molecule has 0 aliphatic heterocycles. The van der Waals surface area contributed by atoms with Gasteiger partial charge in [0, 0.05) is 11.9 Å². The SMILES string of the molecule is O=C([O-])[C@@H](CCCc1ccccc1)c1ccccc1. The maximum absolute atomic E-state index is 11.2. The molecular weight excluding hydrogens is 236 g/mol. The Morgan fingerprint density at radius 2 is 1.53 bits per heavy atom. The molecule has 2 rings (SSSR count). The Hall–Kier alpha value is -2.09. The molecule has 0 aliphatic rings. The Kier molecular flexibility index (Phi) is 4.73. The number of aryl methyl sites for hydroxylation is 1. The monoisotopic (exact) mass is 253 g/mol. The number of rotatable bonds is 6. The molecule has 0 fully saturated rings. The summed E-state index contributed by atoms with van der Waals surface area (Å²) in [6.07, 6.45) is 2.36. The number of carboxylic acid groups (broad SMARTS) is 1. The minimum Gasteiger partial charge on any atom is -0.549 e. The Bertz CT molecular complexity index is 505. The van der Waals surface area contributed by atoms with Crippen molar-refractivity contribution < 1.29 is 9.90 Å². The first kappa shape index (κ1) is 13.3. The first-order valence-electron chi connectivity index (χ1n) is 6.57. The Balaban J connectivity index is 1.94. The van der Waals surface area contributed by atoms with Gasteiger partial charge in [-0.05, 0) is 30.4 Å². The maximum Gasteiger partial charge on any atom is 0.0489 e. The van der Waals surface area contributed by atoms with Crippen LogP contribution in [0.5, 0.6) is 0 Å². The van der Waals surface area contributed by atoms with Crippen LogP contribution in [-0.2, 0) is 11.2 Å². The normalized spacial score (nSPS) is 12.0. The third-order valence-electron chi connectivity index (χ3n) is 3.29. The molecule has 2 heteroatoms. The number of carbonyl (C=O) groups excluding carboxylic acids is 1. The second kappa shape index (κ2) is 6.74. The number of carboxylic acids is 1. The van der Waals surface area contributed by atoms with Crippen LogP contribution < -0.4 is 5.11 Å². The van der Waals surface area contributed by atoms with Crippen LogP contribution in [0.2, 0.25) is 0 Å². The van der Waals surface area contributed by atoms with E-state index in [0.717, 1.165) is 18.4 Å². The Morgan fingerprint density at radius 3 is 2.11 bits per heavy atom. The van der Waals surface area contributed by atoms with Crippen molar-refractivity contribution in [3.05, 3.63) is 71.8 Å². The second-order valence-corrected chi connectivity index (χ2v) is 4.66. The third-order valence-corrected chi connectivity index (χ3v) is 3.29. The van der Waals surface area contributed by atoms with Gasteiger partial charge in [0.1, 0.15) is 0 Å². The molecule has 1 atom stereocenters. The highest BCUT2D eigenvalue weighted by molar-refractivity contribution is 5.73. The van der Waals surface area contributed by atoms with Gasteiger partial charge in [0.05, 0.1) is 0 Å². The smallest absolute Gasteiger partial charge is 0.0489 e. The van der Waals surface area contributed by atoms with Gasteiger partial charge < -0.3 is 9.90 Å². The van der Waals surface area contributed by atoms with Crippen LogP contribution in [0.1, 0.15) is 29.9 Å². The summed E-state index contributed by atoms with van der Waals surface area (Å²) < 4.78 is 0. The molecule has 2 aromatic carbocycles. The highest BCUT2D eigenvalue weighted by Gasteiger charge is 2.11. The van der Waals surface area contributed by atoms with Gasteiger partial charge in [0.2, 0.25) is 0 Å². The average molecular weight is 253 g/mol. The van der Waals surface area contributed by atoms with Crippen molar-refractivity contribution in [3.8, 4) is 0 Å². The lowest BCUT2D eigenvalue weighted by Gasteiger charge is -2.18. The summed E-state index contributed by atoms with van der Waals surface area (Å²) in [5.74, 6) is -1.50. The molecule has 0 aliphatic carbocycles. The summed E-state index contributed by atoms with van der Waals surface area (Å²) in [6, 6.07) is 19.4. The summed E-state index contributed by atoms with van der Waals surface area (Å²) in [6.45, 7) is 0. The standard InChI is InChI=1S/C17H18O2/c18-17(19)16(15-11-5-2-6-12-15)13-7-10-14-8-3-1-4-9-14/h1-6,8-9,11-12,16H,7,10,13H2,(H,18,19)/p-1/t16-/m0/s1. The van der Waals surface area contributed by atoms with Gasteiger partial charge in [-0.3, -0.25) is 0 Å². The first-order valence-corrected chi connectivity index (χ1v) is 6.57. The van der Waals surface area contributed by atoms with Gasteiger partial charge in [0.25, 0.3) is 0 Å². The molecule has 0 unspecified atom stereocenters. The van der Waals surface area contributed by atoms with Crippen molar-refractivity contribution in [2.45, 2.75) is 25.2 Å². The van der Waals surface area contributed by atoms with Crippen molar-refractivity contribution >= 4 is 5.97 Å². The van der Waals surface area contributed by atoms with E-state index in [4.69, 9.17) is 0 Å². The van der Waals surface area contributed by atoms with Gasteiger partial charge in [-0.15, -0.1) is 0 Å². The van der Waals surface area contributed by atoms with E-state index in [1.807, 2.05) is 48.5 Å². The lowest BCUT2D eigenvalue weighted by atomic mass is 9.93. The molecule has 0 amide bonds. The van der Waals surface area contributed by atoms with Crippen LogP contribution in [0.15, 0.2) is 60.7 Å². The number of aliphatic carboxylic acids is 1. The molecule has 0 aromatic heterocycles. The van der Waals surface area contributed by atoms with Crippen LogP contribution in [0, 0.1) is 0 Å². The van der Waals surface area contributed by atoms with E-state index < -0.39 is 11.9 Å². The van der Waals surface area contributed by atoms with Gasteiger partial charge in [-0.1, -0.05) is 60.7 Å². The molecule has 2 nitrogen and oxygen atoms in total. The molecule has 0 radical (unpaired) electrons. The number of hydrogen-bond acceptors (Lipinski definition) is 2. The summed E-state index contributed by atoms with van der Waals surface area (Å²) in [7, 11) is 0. The zero-order valence-corrected chi connectivity index (χ0v) is 10.8. The molecule has 0 heterocycles. The fourth-order valence-electron chi connectivity index (χ4n) is 2.26. The number of hydrogen-bond donors (Lipinski definition) is 0. The fraction of sp³-hybridized carbons (Fsp3) is 0.235. The van der Waals surface area contributed by atoms with Gasteiger partial charge in [-0.25, -0.2) is 0 Å². The van der Waals surface area contributed by atoms with Crippen molar-refractivity contribution in [2.24, 2.45) is 0 Å². The summed E-state index contributed by atoms with van der Waals surface area (Å²) in [5, 5.41) is 11.2. The molecule has 0 saturated carbocycles. The van der Waals surface area contributed by atoms with E-state index in [1.54, 1.807) is 0 Å². The summed E-state index contributed by atoms with van der Waals surface area (Å²) in [4.78, 5) is 11.2. The second-order valence-electron chi connectivity index (χ2n) is 4.66. The van der Waals surface area contributed by atoms with E-state index in [0.29, 0.717) is 6.42 Å². The van der Waals surface area contributed by atoms with E-state index >= 15 is 0 Å². The summed E-state index contributed by atoms with van der Waals surface area (Å²) >= 11 is 0. The van der Waals surface area contributed by atoms with Crippen LogP contribution in [-0.4, -0.2) is 5.97 Å². The zero-order chi connectivity index (χ0) is 13.5. The van der Waals surface area contributed by atoms with E-state index in [2.05, 4.69) is 12.1 Å². The third kappa shape index (κ3) is 3.95. The predicted molar refractivity (Wildman–Crippen MR) is 73.6 cm³/mol. The topological polar surface area (TPSA) is 40.1 Å². The zero-order valence-electron chi connectivity index (χ0n) is 10.8. The molecule has 0 spiro atoms. The first-order chi connectivity index (χ1) is 9.27. The Labute approximate surface area is 113 Å². The van der Waals surface area contributed by atoms with Gasteiger partial charge in [0.15, 0.2) is 0 Å². The van der Waals surface area contributed by atoms with Crippen LogP contribution in [0.25, 0.3) is 0 Å². The largest absolute Gasteiger partial charge is 0.549 e. The molecule has 2 aromatic rings. The molecule has 0 saturated heterocycles. The van der Waals surface area contributed by atoms with Crippen molar-refractivity contribution in [2.75, 3.05) is 0 Å². The van der Waals surface area contributed by atoms with Crippen molar-refractivity contribution in [1.82, 2.24) is 0 Å². The van der Waals surface area contributed by atoms with Crippen molar-refractivity contribution in [3.63, 3.8) is 0 Å². The summed E-state index contributed by atoms with van der Waals surface area (Å²) in [5.41, 5.74) is 2.07. The quantitative estimate of drug-likeness (QED) is 0.793. The van der Waals surface area contributed by atoms with E-state index in [9.17, 15) is 9.90 Å². The Morgan fingerprint density at radius 1 is 0.947 bits per heavy atom. The highest BCUT2D eigenvalue weighted by Crippen LogP contribution is 2.21. The van der Waals surface area contributed by atoms with E-state index in [1.165, 1.54) is 5.56 Å². The lowest BCUT2D eigenvalue weighted by Crippen LogP contribution is -2.29. The fourth-order valence-corrected chi connectivity index (χ4v) is 2.26. The van der Waals surface area contributed by atoms with Crippen molar-refractivity contribution in [1.29, 1.82) is 0 Å². The molecule has 0 N–H and O–H groups in total. The number of carbonyl (C=O) groups is 1. The van der Waals surface area contributed by atoms with Gasteiger partial charge in [-0.2, -0.15) is 0 Å². The predicted octanol–water partition coefficient (Wildman–Crippen LogP) is 2.54. The van der Waals surface area contributed by atoms with Crippen LogP contribution in [0.3, 0.4) is 0 Å². The van der Waals surface area contributed by atoms with Crippen LogP contribution in [0.4, 0.5) is 0 Å². The minimum atomic E-state index is -0.987. The molecular formula is C17H17O2-. The number of benzene rings is 2. The minimum absolute atomic E-state index is 0.509. The molecule has 0 bridgehead atoms. The molecule has 98 valence electrons. The van der Waals surface area contributed by atoms with Crippen LogP contribution >= 0.6 is 0 Å². The highest BCUT2D eigenvalue weighted by atomic mass is 16.4. The maximum atomic E-state index is 11.2.